The summed E-state index contributed by atoms with van der Waals surface area (Å²) in [6, 6.07) is 0.336. The van der Waals surface area contributed by atoms with Gasteiger partial charge in [-0.3, -0.25) is 0 Å². The summed E-state index contributed by atoms with van der Waals surface area (Å²) in [6.45, 7) is 0. The van der Waals surface area contributed by atoms with E-state index in [4.69, 9.17) is 10.2 Å². The SMILES string of the molecule is O=C(O)[C@@H](O)c1ccc(C(F)(F)F)cc1C(F)(F)F. The van der Waals surface area contributed by atoms with Crippen LogP contribution in [0.15, 0.2) is 18.2 Å². The molecular formula is C10H6F6O3. The van der Waals surface area contributed by atoms with Crippen LogP contribution in [0, 0.1) is 0 Å². The molecular weight excluding hydrogens is 282 g/mol. The number of carboxylic acid groups (broad SMARTS) is 1. The predicted octanol–water partition coefficient (Wildman–Crippen LogP) is 2.84. The van der Waals surface area contributed by atoms with Crippen molar-refractivity contribution in [3.8, 4) is 0 Å². The minimum Gasteiger partial charge on any atom is -0.479 e. The number of halogens is 6. The van der Waals surface area contributed by atoms with E-state index in [9.17, 15) is 31.1 Å². The molecule has 9 heteroatoms. The number of rotatable bonds is 2. The fraction of sp³-hybridized carbons (Fsp3) is 0.300. The molecule has 2 N–H and O–H groups in total. The topological polar surface area (TPSA) is 57.5 Å². The summed E-state index contributed by atoms with van der Waals surface area (Å²) in [7, 11) is 0. The van der Waals surface area contributed by atoms with Gasteiger partial charge in [-0.25, -0.2) is 4.79 Å². The first-order valence-electron chi connectivity index (χ1n) is 4.64. The summed E-state index contributed by atoms with van der Waals surface area (Å²) in [5.41, 5.74) is -4.56. The number of alkyl halides is 6. The van der Waals surface area contributed by atoms with Crippen molar-refractivity contribution in [1.29, 1.82) is 0 Å². The van der Waals surface area contributed by atoms with Gasteiger partial charge in [0.2, 0.25) is 0 Å². The first-order chi connectivity index (χ1) is 8.44. The molecule has 0 unspecified atom stereocenters. The van der Waals surface area contributed by atoms with Gasteiger partial charge >= 0.3 is 18.3 Å². The van der Waals surface area contributed by atoms with Crippen LogP contribution in [0.3, 0.4) is 0 Å². The third kappa shape index (κ3) is 3.37. The Balaban J connectivity index is 3.46. The van der Waals surface area contributed by atoms with Gasteiger partial charge in [-0.15, -0.1) is 0 Å². The maximum Gasteiger partial charge on any atom is 0.416 e. The fourth-order valence-corrected chi connectivity index (χ4v) is 1.35. The van der Waals surface area contributed by atoms with Gasteiger partial charge in [0, 0.05) is 5.56 Å². The van der Waals surface area contributed by atoms with E-state index in [1.807, 2.05) is 0 Å². The van der Waals surface area contributed by atoms with Crippen molar-refractivity contribution in [3.05, 3.63) is 34.9 Å². The van der Waals surface area contributed by atoms with Gasteiger partial charge in [-0.2, -0.15) is 26.3 Å². The van der Waals surface area contributed by atoms with Crippen molar-refractivity contribution in [2.75, 3.05) is 0 Å². The summed E-state index contributed by atoms with van der Waals surface area (Å²) in [6.07, 6.45) is -12.8. The zero-order valence-electron chi connectivity index (χ0n) is 8.88. The second kappa shape index (κ2) is 4.72. The van der Waals surface area contributed by atoms with Crippen molar-refractivity contribution >= 4 is 5.97 Å². The van der Waals surface area contributed by atoms with Crippen LogP contribution in [0.25, 0.3) is 0 Å². The molecule has 1 aromatic carbocycles. The zero-order valence-corrected chi connectivity index (χ0v) is 8.88. The Morgan fingerprint density at radius 3 is 1.95 bits per heavy atom. The number of carbonyl (C=O) groups is 1. The molecule has 0 aromatic heterocycles. The van der Waals surface area contributed by atoms with Crippen LogP contribution in [0.5, 0.6) is 0 Å². The van der Waals surface area contributed by atoms with Crippen molar-refractivity contribution in [2.45, 2.75) is 18.5 Å². The second-order valence-corrected chi connectivity index (χ2v) is 3.54. The quantitative estimate of drug-likeness (QED) is 0.823. The smallest absolute Gasteiger partial charge is 0.416 e. The molecule has 1 rings (SSSR count). The monoisotopic (exact) mass is 288 g/mol. The summed E-state index contributed by atoms with van der Waals surface area (Å²) < 4.78 is 74.6. The minimum absolute atomic E-state index is 0.235. The third-order valence-electron chi connectivity index (χ3n) is 2.21. The highest BCUT2D eigenvalue weighted by Crippen LogP contribution is 2.39. The number of hydrogen-bond donors (Lipinski definition) is 2. The Bertz CT molecular complexity index is 491. The summed E-state index contributed by atoms with van der Waals surface area (Å²) >= 11 is 0. The molecule has 0 saturated heterocycles. The van der Waals surface area contributed by atoms with Gasteiger partial charge in [0.25, 0.3) is 0 Å². The van der Waals surface area contributed by atoms with Crippen LogP contribution in [-0.2, 0) is 17.1 Å². The molecule has 0 fully saturated rings. The lowest BCUT2D eigenvalue weighted by molar-refractivity contribution is -0.149. The van der Waals surface area contributed by atoms with E-state index >= 15 is 0 Å². The summed E-state index contributed by atoms with van der Waals surface area (Å²) in [5.74, 6) is -2.00. The second-order valence-electron chi connectivity index (χ2n) is 3.54. The Morgan fingerprint density at radius 1 is 1.05 bits per heavy atom. The lowest BCUT2D eigenvalue weighted by Crippen LogP contribution is -2.19. The Kier molecular flexibility index (Phi) is 3.80. The van der Waals surface area contributed by atoms with E-state index in [1.54, 1.807) is 0 Å². The van der Waals surface area contributed by atoms with Crippen molar-refractivity contribution < 1.29 is 41.4 Å². The highest BCUT2D eigenvalue weighted by Gasteiger charge is 2.40. The number of benzene rings is 1. The number of aliphatic carboxylic acids is 1. The molecule has 0 heterocycles. The molecule has 0 spiro atoms. The van der Waals surface area contributed by atoms with Crippen LogP contribution in [0.1, 0.15) is 22.8 Å². The van der Waals surface area contributed by atoms with Crippen LogP contribution in [-0.4, -0.2) is 16.2 Å². The van der Waals surface area contributed by atoms with Crippen LogP contribution in [0.4, 0.5) is 26.3 Å². The van der Waals surface area contributed by atoms with E-state index in [-0.39, 0.29) is 12.1 Å². The average Bonchev–Trinajstić information content (AvgIpc) is 2.24. The van der Waals surface area contributed by atoms with Crippen LogP contribution >= 0.6 is 0 Å². The number of hydrogen-bond acceptors (Lipinski definition) is 2. The van der Waals surface area contributed by atoms with Crippen LogP contribution < -0.4 is 0 Å². The van der Waals surface area contributed by atoms with Crippen molar-refractivity contribution in [1.82, 2.24) is 0 Å². The van der Waals surface area contributed by atoms with Gasteiger partial charge in [-0.05, 0) is 12.1 Å². The lowest BCUT2D eigenvalue weighted by atomic mass is 9.99. The Hall–Kier alpha value is -1.77. The molecule has 0 bridgehead atoms. The molecule has 3 nitrogen and oxygen atoms in total. The molecule has 0 aliphatic heterocycles. The first kappa shape index (κ1) is 15.3. The average molecular weight is 288 g/mol. The van der Waals surface area contributed by atoms with E-state index in [2.05, 4.69) is 0 Å². The standard InChI is InChI=1S/C10H6F6O3/c11-9(12,13)4-1-2-5(7(17)8(18)19)6(3-4)10(14,15)16/h1-3,7,17H,(H,18,19)/t7-/m0/s1. The van der Waals surface area contributed by atoms with Gasteiger partial charge in [0.1, 0.15) is 0 Å². The van der Waals surface area contributed by atoms with Crippen molar-refractivity contribution in [2.24, 2.45) is 0 Å². The zero-order chi connectivity index (χ0) is 15.0. The van der Waals surface area contributed by atoms with Gasteiger partial charge in [0.05, 0.1) is 11.1 Å². The molecule has 0 radical (unpaired) electrons. The summed E-state index contributed by atoms with van der Waals surface area (Å²) in [4.78, 5) is 10.4. The predicted molar refractivity (Wildman–Crippen MR) is 49.0 cm³/mol. The van der Waals surface area contributed by atoms with Crippen LogP contribution in [0.2, 0.25) is 0 Å². The third-order valence-corrected chi connectivity index (χ3v) is 2.21. The largest absolute Gasteiger partial charge is 0.479 e. The first-order valence-corrected chi connectivity index (χ1v) is 4.64. The molecule has 0 amide bonds. The van der Waals surface area contributed by atoms with E-state index < -0.39 is 41.1 Å². The highest BCUT2D eigenvalue weighted by atomic mass is 19.4. The molecule has 106 valence electrons. The highest BCUT2D eigenvalue weighted by molar-refractivity contribution is 5.74. The minimum atomic E-state index is -5.22. The van der Waals surface area contributed by atoms with E-state index in [1.165, 1.54) is 0 Å². The Labute approximate surface area is 102 Å². The molecule has 0 aliphatic carbocycles. The molecule has 1 atom stereocenters. The van der Waals surface area contributed by atoms with E-state index in [0.717, 1.165) is 0 Å². The molecule has 0 aliphatic rings. The normalized spacial score (nSPS) is 14.3. The van der Waals surface area contributed by atoms with Gasteiger partial charge in [0.15, 0.2) is 6.10 Å². The fourth-order valence-electron chi connectivity index (χ4n) is 1.35. The lowest BCUT2D eigenvalue weighted by Gasteiger charge is -2.17. The molecule has 1 aromatic rings. The molecule has 19 heavy (non-hydrogen) atoms. The molecule has 0 saturated carbocycles. The maximum atomic E-state index is 12.6. The van der Waals surface area contributed by atoms with Gasteiger partial charge in [-0.1, -0.05) is 6.07 Å². The van der Waals surface area contributed by atoms with Gasteiger partial charge < -0.3 is 10.2 Å². The maximum absolute atomic E-state index is 12.6. The summed E-state index contributed by atoms with van der Waals surface area (Å²) in [5, 5.41) is 17.5. The van der Waals surface area contributed by atoms with E-state index in [0.29, 0.717) is 6.07 Å². The van der Waals surface area contributed by atoms with Crippen molar-refractivity contribution in [3.63, 3.8) is 0 Å². The number of carboxylic acids is 1. The number of aliphatic hydroxyl groups is 1. The number of aliphatic hydroxyl groups excluding tert-OH is 1. The Morgan fingerprint density at radius 2 is 1.58 bits per heavy atom.